The van der Waals surface area contributed by atoms with Gasteiger partial charge in [-0.25, -0.2) is 4.98 Å². The number of esters is 1. The molecule has 0 aromatic carbocycles. The number of ether oxygens (including phenoxy) is 1. The number of hydrogen-bond donors (Lipinski definition) is 1. The first-order valence-electron chi connectivity index (χ1n) is 7.15. The van der Waals surface area contributed by atoms with E-state index in [0.717, 1.165) is 17.4 Å². The summed E-state index contributed by atoms with van der Waals surface area (Å²) in [4.78, 5) is 18.7. The van der Waals surface area contributed by atoms with Crippen LogP contribution in [0, 0.1) is 0 Å². The number of nitrogens with one attached hydrogen (secondary N) is 1. The zero-order valence-electron chi connectivity index (χ0n) is 14.1. The van der Waals surface area contributed by atoms with Crippen molar-refractivity contribution in [2.75, 3.05) is 32.6 Å². The van der Waals surface area contributed by atoms with Crippen LogP contribution in [0.25, 0.3) is 0 Å². The van der Waals surface area contributed by atoms with Gasteiger partial charge in [0.25, 0.3) is 0 Å². The molecule has 0 fully saturated rings. The molecule has 21 heavy (non-hydrogen) atoms. The molecule has 0 amide bonds. The van der Waals surface area contributed by atoms with Gasteiger partial charge >= 0.3 is 5.97 Å². The van der Waals surface area contributed by atoms with Crippen molar-refractivity contribution in [3.05, 3.63) is 11.1 Å². The smallest absolute Gasteiger partial charge is 0.317 e. The number of nitrogens with zero attached hydrogens (tertiary/aromatic N) is 2. The molecule has 5 nitrogen and oxygen atoms in total. The zero-order valence-corrected chi connectivity index (χ0v) is 14.9. The van der Waals surface area contributed by atoms with Crippen molar-refractivity contribution in [1.29, 1.82) is 0 Å². The van der Waals surface area contributed by atoms with Crippen molar-refractivity contribution in [2.45, 2.75) is 45.6 Å². The summed E-state index contributed by atoms with van der Waals surface area (Å²) in [5.41, 5.74) is 0.0579. The predicted molar refractivity (Wildman–Crippen MR) is 88.0 cm³/mol. The van der Waals surface area contributed by atoms with Gasteiger partial charge in [-0.2, -0.15) is 0 Å². The molecule has 0 aliphatic carbocycles. The number of rotatable bonds is 7. The third-order valence-electron chi connectivity index (χ3n) is 3.81. The molecule has 1 heterocycles. The second-order valence-corrected chi connectivity index (χ2v) is 7.30. The molecule has 0 saturated carbocycles. The Morgan fingerprint density at radius 3 is 2.52 bits per heavy atom. The summed E-state index contributed by atoms with van der Waals surface area (Å²) in [7, 11) is 4.11. The van der Waals surface area contributed by atoms with Crippen LogP contribution in [0.4, 0.5) is 5.13 Å². The first-order chi connectivity index (χ1) is 9.61. The minimum absolute atomic E-state index is 0.0303. The molecule has 0 aliphatic heterocycles. The number of likely N-dealkylation sites (N-methyl/N-ethyl adjacent to an activating group) is 1. The fourth-order valence-electron chi connectivity index (χ4n) is 1.51. The maximum absolute atomic E-state index is 12.0. The third-order valence-corrected chi connectivity index (χ3v) is 4.61. The first-order valence-corrected chi connectivity index (χ1v) is 8.03. The van der Waals surface area contributed by atoms with Crippen LogP contribution in [0.15, 0.2) is 5.38 Å². The number of hydrogen-bond acceptors (Lipinski definition) is 6. The van der Waals surface area contributed by atoms with E-state index in [1.807, 2.05) is 26.2 Å². The van der Waals surface area contributed by atoms with E-state index < -0.39 is 5.41 Å². The maximum atomic E-state index is 12.0. The standard InChI is InChI=1S/C15H27N3O2S/c1-8-20-12(19)15(4,5)11-9-21-13(17-11)16-10-14(2,3)18(6)7/h9H,8,10H2,1-7H3,(H,16,17). The van der Waals surface area contributed by atoms with Crippen molar-refractivity contribution < 1.29 is 9.53 Å². The lowest BCUT2D eigenvalue weighted by molar-refractivity contribution is -0.148. The van der Waals surface area contributed by atoms with Gasteiger partial charge in [0, 0.05) is 17.5 Å². The van der Waals surface area contributed by atoms with Gasteiger partial charge in [-0.1, -0.05) is 0 Å². The second-order valence-electron chi connectivity index (χ2n) is 6.44. The van der Waals surface area contributed by atoms with Crippen LogP contribution < -0.4 is 5.32 Å². The molecule has 6 heteroatoms. The van der Waals surface area contributed by atoms with Gasteiger partial charge in [-0.15, -0.1) is 11.3 Å². The van der Waals surface area contributed by atoms with E-state index in [-0.39, 0.29) is 11.5 Å². The lowest BCUT2D eigenvalue weighted by Gasteiger charge is -2.32. The third kappa shape index (κ3) is 4.41. The minimum Gasteiger partial charge on any atom is -0.465 e. The maximum Gasteiger partial charge on any atom is 0.317 e. The Kier molecular flexibility index (Phi) is 5.75. The number of thiazole rings is 1. The quantitative estimate of drug-likeness (QED) is 0.785. The fourth-order valence-corrected chi connectivity index (χ4v) is 2.39. The summed E-state index contributed by atoms with van der Waals surface area (Å²) in [5, 5.41) is 6.09. The molecule has 0 atom stereocenters. The molecule has 0 saturated heterocycles. The highest BCUT2D eigenvalue weighted by Crippen LogP contribution is 2.28. The lowest BCUT2D eigenvalue weighted by atomic mass is 9.90. The highest BCUT2D eigenvalue weighted by Gasteiger charge is 2.34. The molecular weight excluding hydrogens is 286 g/mol. The summed E-state index contributed by atoms with van der Waals surface area (Å²) < 4.78 is 5.11. The van der Waals surface area contributed by atoms with Gasteiger partial charge in [0.05, 0.1) is 12.3 Å². The molecule has 120 valence electrons. The molecule has 0 radical (unpaired) electrons. The van der Waals surface area contributed by atoms with Crippen LogP contribution in [-0.4, -0.2) is 48.6 Å². The molecule has 0 bridgehead atoms. The summed E-state index contributed by atoms with van der Waals surface area (Å²) in [5.74, 6) is -0.240. The molecule has 0 unspecified atom stereocenters. The van der Waals surface area contributed by atoms with E-state index in [1.165, 1.54) is 11.3 Å². The highest BCUT2D eigenvalue weighted by molar-refractivity contribution is 7.13. The SMILES string of the molecule is CCOC(=O)C(C)(C)c1csc(NCC(C)(C)N(C)C)n1. The van der Waals surface area contributed by atoms with Crippen molar-refractivity contribution in [3.8, 4) is 0 Å². The highest BCUT2D eigenvalue weighted by atomic mass is 32.1. The Bertz CT molecular complexity index is 481. The van der Waals surface area contributed by atoms with E-state index in [1.54, 1.807) is 0 Å². The number of carbonyl (C=O) groups excluding carboxylic acids is 1. The summed E-state index contributed by atoms with van der Waals surface area (Å²) in [6, 6.07) is 0. The lowest BCUT2D eigenvalue weighted by Crippen LogP contribution is -2.44. The van der Waals surface area contributed by atoms with Gasteiger partial charge in [-0.3, -0.25) is 4.79 Å². The molecule has 1 N–H and O–H groups in total. The predicted octanol–water partition coefficient (Wildman–Crippen LogP) is 2.74. The van der Waals surface area contributed by atoms with Crippen molar-refractivity contribution in [1.82, 2.24) is 9.88 Å². The molecule has 1 rings (SSSR count). The van der Waals surface area contributed by atoms with Gasteiger partial charge in [0.15, 0.2) is 5.13 Å². The summed E-state index contributed by atoms with van der Waals surface area (Å²) in [6.45, 7) is 11.0. The zero-order chi connectivity index (χ0) is 16.3. The van der Waals surface area contributed by atoms with E-state index in [9.17, 15) is 4.79 Å². The largest absolute Gasteiger partial charge is 0.465 e. The molecule has 0 aliphatic rings. The van der Waals surface area contributed by atoms with E-state index in [2.05, 4.69) is 43.1 Å². The van der Waals surface area contributed by atoms with Crippen LogP contribution in [0.5, 0.6) is 0 Å². The van der Waals surface area contributed by atoms with Crippen LogP contribution in [0.1, 0.15) is 40.3 Å². The van der Waals surface area contributed by atoms with Crippen molar-refractivity contribution in [2.24, 2.45) is 0 Å². The summed E-state index contributed by atoms with van der Waals surface area (Å²) in [6.07, 6.45) is 0. The Hall–Kier alpha value is -1.14. The van der Waals surface area contributed by atoms with E-state index in [0.29, 0.717) is 6.61 Å². The molecule has 1 aromatic rings. The van der Waals surface area contributed by atoms with Crippen LogP contribution in [-0.2, 0) is 14.9 Å². The fraction of sp³-hybridized carbons (Fsp3) is 0.733. The Labute approximate surface area is 131 Å². The van der Waals surface area contributed by atoms with Gasteiger partial charge in [0.1, 0.15) is 5.41 Å². The summed E-state index contributed by atoms with van der Waals surface area (Å²) >= 11 is 1.52. The number of carbonyl (C=O) groups is 1. The van der Waals surface area contributed by atoms with Crippen molar-refractivity contribution in [3.63, 3.8) is 0 Å². The van der Waals surface area contributed by atoms with Gasteiger partial charge in [0.2, 0.25) is 0 Å². The average molecular weight is 313 g/mol. The van der Waals surface area contributed by atoms with E-state index in [4.69, 9.17) is 4.74 Å². The van der Waals surface area contributed by atoms with E-state index >= 15 is 0 Å². The molecule has 0 spiro atoms. The van der Waals surface area contributed by atoms with Gasteiger partial charge < -0.3 is 15.0 Å². The monoisotopic (exact) mass is 313 g/mol. The Morgan fingerprint density at radius 1 is 1.38 bits per heavy atom. The van der Waals surface area contributed by atoms with Gasteiger partial charge in [-0.05, 0) is 48.7 Å². The van der Waals surface area contributed by atoms with Crippen LogP contribution in [0.3, 0.4) is 0 Å². The average Bonchev–Trinajstić information content (AvgIpc) is 2.86. The minimum atomic E-state index is -0.719. The Balaban J connectivity index is 2.75. The number of anilines is 1. The normalized spacial score (nSPS) is 12.6. The first kappa shape index (κ1) is 17.9. The molecule has 1 aromatic heterocycles. The number of aromatic nitrogens is 1. The second kappa shape index (κ2) is 6.75. The Morgan fingerprint density at radius 2 is 2.00 bits per heavy atom. The molecular formula is C15H27N3O2S. The van der Waals surface area contributed by atoms with Crippen LogP contribution in [0.2, 0.25) is 0 Å². The van der Waals surface area contributed by atoms with Crippen molar-refractivity contribution >= 4 is 22.4 Å². The topological polar surface area (TPSA) is 54.5 Å². The van der Waals surface area contributed by atoms with Crippen LogP contribution >= 0.6 is 11.3 Å².